The van der Waals surface area contributed by atoms with Gasteiger partial charge < -0.3 is 14.6 Å². The Hall–Kier alpha value is -5.01. The Labute approximate surface area is 287 Å². The van der Waals surface area contributed by atoms with E-state index in [2.05, 4.69) is 0 Å². The molecule has 49 heavy (non-hydrogen) atoms. The molecule has 3 aromatic carbocycles. The average Bonchev–Trinajstić information content (AvgIpc) is 3.42. The van der Waals surface area contributed by atoms with Crippen molar-refractivity contribution in [2.45, 2.75) is 28.5 Å². The van der Waals surface area contributed by atoms with Gasteiger partial charge in [0.2, 0.25) is 11.8 Å². The summed E-state index contributed by atoms with van der Waals surface area (Å²) in [4.78, 5) is 65.3. The number of non-ortho nitro benzene ring substituents is 1. The summed E-state index contributed by atoms with van der Waals surface area (Å²) in [6.45, 7) is 0. The van der Waals surface area contributed by atoms with E-state index in [-0.39, 0.29) is 52.7 Å². The van der Waals surface area contributed by atoms with Crippen molar-refractivity contribution in [3.8, 4) is 17.2 Å². The lowest BCUT2D eigenvalue weighted by Gasteiger charge is -2.51. The molecule has 0 radical (unpaired) electrons. The smallest absolute Gasteiger partial charge is 0.271 e. The van der Waals surface area contributed by atoms with Crippen molar-refractivity contribution in [3.63, 3.8) is 0 Å². The van der Waals surface area contributed by atoms with Gasteiger partial charge in [-0.15, -0.1) is 23.2 Å². The summed E-state index contributed by atoms with van der Waals surface area (Å²) < 4.78 is 25.2. The van der Waals surface area contributed by atoms with E-state index in [4.69, 9.17) is 32.7 Å². The second kappa shape index (κ2) is 11.3. The maximum atomic E-state index is 14.6. The van der Waals surface area contributed by atoms with Crippen molar-refractivity contribution in [1.82, 2.24) is 0 Å². The van der Waals surface area contributed by atoms with Gasteiger partial charge in [-0.1, -0.05) is 17.7 Å². The topological polar surface area (TPSA) is 157 Å². The zero-order valence-electron chi connectivity index (χ0n) is 25.8. The number of aromatic hydroxyl groups is 1. The van der Waals surface area contributed by atoms with Crippen LogP contribution in [-0.4, -0.2) is 57.6 Å². The fraction of sp³-hybridized carbons (Fsp3) is 0.294. The number of rotatable bonds is 6. The lowest BCUT2D eigenvalue weighted by Crippen LogP contribution is -2.60. The molecule has 4 amide bonds. The Balaban J connectivity index is 1.44. The molecule has 3 aromatic rings. The molecule has 12 nitrogen and oxygen atoms in total. The minimum atomic E-state index is -2.28. The van der Waals surface area contributed by atoms with Crippen molar-refractivity contribution in [2.75, 3.05) is 24.0 Å². The molecule has 0 bridgehead atoms. The van der Waals surface area contributed by atoms with Crippen LogP contribution in [0.25, 0.3) is 0 Å². The number of halogens is 3. The number of fused-ring (bicyclic) bond motifs is 4. The maximum absolute atomic E-state index is 14.6. The van der Waals surface area contributed by atoms with E-state index in [1.807, 2.05) is 0 Å². The third-order valence-electron chi connectivity index (χ3n) is 10.0. The summed E-state index contributed by atoms with van der Waals surface area (Å²) in [5.41, 5.74) is 0.272. The first-order valence-electron chi connectivity index (χ1n) is 15.1. The van der Waals surface area contributed by atoms with Crippen LogP contribution in [0.15, 0.2) is 72.3 Å². The highest BCUT2D eigenvalue weighted by Crippen LogP contribution is 2.67. The number of alkyl halides is 2. The van der Waals surface area contributed by atoms with Crippen molar-refractivity contribution < 1.29 is 43.1 Å². The summed E-state index contributed by atoms with van der Waals surface area (Å²) in [5.74, 6) is -8.14. The molecule has 6 atom stereocenters. The molecular formula is C34H26Cl2FN3O9. The third kappa shape index (κ3) is 4.41. The quantitative estimate of drug-likeness (QED) is 0.119. The van der Waals surface area contributed by atoms with Gasteiger partial charge in [0.15, 0.2) is 9.75 Å². The number of ether oxygens (including phenoxy) is 2. The highest BCUT2D eigenvalue weighted by Gasteiger charge is 2.77. The molecule has 1 N–H and O–H groups in total. The van der Waals surface area contributed by atoms with Gasteiger partial charge >= 0.3 is 0 Å². The predicted molar refractivity (Wildman–Crippen MR) is 173 cm³/mol. The second-order valence-electron chi connectivity index (χ2n) is 12.3. The van der Waals surface area contributed by atoms with E-state index in [1.165, 1.54) is 56.7 Å². The Bertz CT molecular complexity index is 2000. The molecule has 7 rings (SSSR count). The van der Waals surface area contributed by atoms with E-state index in [9.17, 15) is 38.8 Å². The Morgan fingerprint density at radius 3 is 2.16 bits per heavy atom. The van der Waals surface area contributed by atoms with Crippen LogP contribution in [0.2, 0.25) is 0 Å². The van der Waals surface area contributed by atoms with Crippen molar-refractivity contribution in [2.24, 2.45) is 17.8 Å². The molecule has 2 aliphatic carbocycles. The Morgan fingerprint density at radius 1 is 0.898 bits per heavy atom. The van der Waals surface area contributed by atoms with Gasteiger partial charge in [0.25, 0.3) is 17.5 Å². The van der Waals surface area contributed by atoms with Crippen LogP contribution in [0.5, 0.6) is 17.2 Å². The highest BCUT2D eigenvalue weighted by molar-refractivity contribution is 6.58. The maximum Gasteiger partial charge on any atom is 0.271 e. The fourth-order valence-corrected chi connectivity index (χ4v) is 8.84. The standard InChI is InChI=1S/C34H26Cl2FN3O9/c1-48-24-13-20(41)14-25(49-2)27(24)28-21-10-11-22-26(30(43)38(29(22)42)18-4-3-5-19(12-18)40(46)47)23(21)15-33(35)31(44)39(32(45)34(28,33)36)17-8-6-16(37)7-9-17/h3-10,12-14,22-23,26,28,41H,11,15H2,1-2H3/t22-,23+,26-,28+,33+,34-/m0/s1. The normalized spacial score (nSPS) is 29.0. The molecule has 15 heteroatoms. The Morgan fingerprint density at radius 2 is 1.55 bits per heavy atom. The summed E-state index contributed by atoms with van der Waals surface area (Å²) in [6.07, 6.45) is 1.37. The number of benzene rings is 3. The number of nitrogens with zero attached hydrogens (tertiary/aromatic N) is 3. The van der Waals surface area contributed by atoms with Gasteiger partial charge in [-0.25, -0.2) is 14.2 Å². The minimum absolute atomic E-state index is 0.00744. The predicted octanol–water partition coefficient (Wildman–Crippen LogP) is 5.22. The first-order valence-corrected chi connectivity index (χ1v) is 15.8. The molecule has 0 spiro atoms. The number of phenolic OH excluding ortho intramolecular Hbond substituents is 1. The van der Waals surface area contributed by atoms with E-state index in [0.717, 1.165) is 28.0 Å². The number of hydrogen-bond donors (Lipinski definition) is 1. The molecule has 0 aromatic heterocycles. The van der Waals surface area contributed by atoms with Gasteiger partial charge in [-0.3, -0.25) is 29.3 Å². The number of carbonyl (C=O) groups is 4. The largest absolute Gasteiger partial charge is 0.508 e. The lowest BCUT2D eigenvalue weighted by molar-refractivity contribution is -0.384. The number of allylic oxidation sites excluding steroid dienone is 2. The number of hydrogen-bond acceptors (Lipinski definition) is 9. The summed E-state index contributed by atoms with van der Waals surface area (Å²) in [5, 5.41) is 22.0. The number of amides is 4. The van der Waals surface area contributed by atoms with Gasteiger partial charge in [0, 0.05) is 35.7 Å². The number of nitro benzene ring substituents is 1. The van der Waals surface area contributed by atoms with Crippen molar-refractivity contribution in [3.05, 3.63) is 93.8 Å². The molecule has 2 heterocycles. The van der Waals surface area contributed by atoms with Crippen LogP contribution in [0, 0.1) is 33.7 Å². The highest BCUT2D eigenvalue weighted by atomic mass is 35.5. The fourth-order valence-electron chi connectivity index (χ4n) is 7.93. The minimum Gasteiger partial charge on any atom is -0.508 e. The van der Waals surface area contributed by atoms with Gasteiger partial charge in [-0.05, 0) is 49.1 Å². The lowest BCUT2D eigenvalue weighted by atomic mass is 9.56. The molecule has 2 saturated heterocycles. The van der Waals surface area contributed by atoms with Crippen LogP contribution in [0.1, 0.15) is 24.3 Å². The molecule has 0 unspecified atom stereocenters. The van der Waals surface area contributed by atoms with Crippen LogP contribution < -0.4 is 19.3 Å². The summed E-state index contributed by atoms with van der Waals surface area (Å²) >= 11 is 14.8. The number of phenols is 1. The number of anilines is 2. The monoisotopic (exact) mass is 709 g/mol. The van der Waals surface area contributed by atoms with Gasteiger partial charge in [-0.2, -0.15) is 0 Å². The zero-order chi connectivity index (χ0) is 35.2. The van der Waals surface area contributed by atoms with Crippen molar-refractivity contribution >= 4 is 63.9 Å². The molecule has 2 aliphatic heterocycles. The SMILES string of the molecule is COc1cc(O)cc(OC)c1[C@H]1C2=CC[C@@H]3C(=O)N(c4cccc([N+](=O)[O-])c4)C(=O)[C@@H]3[C@@H]2C[C@@]2(Cl)C(=O)N(c3ccc(F)cc3)C(=O)[C@@]12Cl. The van der Waals surface area contributed by atoms with E-state index in [0.29, 0.717) is 5.57 Å². The molecule has 1 saturated carbocycles. The third-order valence-corrected chi connectivity index (χ3v) is 11.4. The number of imide groups is 2. The van der Waals surface area contributed by atoms with Crippen LogP contribution in [0.3, 0.4) is 0 Å². The van der Waals surface area contributed by atoms with Gasteiger partial charge in [0.05, 0.1) is 42.4 Å². The zero-order valence-corrected chi connectivity index (χ0v) is 27.3. The summed E-state index contributed by atoms with van der Waals surface area (Å²) in [6, 6.07) is 12.3. The first-order chi connectivity index (χ1) is 23.3. The number of nitro groups is 1. The van der Waals surface area contributed by atoms with Crippen LogP contribution in [0.4, 0.5) is 21.5 Å². The average molecular weight is 710 g/mol. The molecule has 3 fully saturated rings. The van der Waals surface area contributed by atoms with E-state index in [1.54, 1.807) is 6.08 Å². The summed E-state index contributed by atoms with van der Waals surface area (Å²) in [7, 11) is 2.64. The molecular weight excluding hydrogens is 684 g/mol. The van der Waals surface area contributed by atoms with Gasteiger partial charge in [0.1, 0.15) is 23.1 Å². The van der Waals surface area contributed by atoms with Crippen molar-refractivity contribution in [1.29, 1.82) is 0 Å². The first kappa shape index (κ1) is 32.5. The number of carbonyl (C=O) groups excluding carboxylic acids is 4. The van der Waals surface area contributed by atoms with E-state index < -0.39 is 67.8 Å². The van der Waals surface area contributed by atoms with Crippen LogP contribution in [-0.2, 0) is 19.2 Å². The number of methoxy groups -OCH3 is 2. The Kier molecular flexibility index (Phi) is 7.49. The molecule has 252 valence electrons. The second-order valence-corrected chi connectivity index (χ2v) is 13.5. The van der Waals surface area contributed by atoms with E-state index >= 15 is 0 Å². The van der Waals surface area contributed by atoms with Crippen LogP contribution >= 0.6 is 23.2 Å². The molecule has 4 aliphatic rings.